The first-order chi connectivity index (χ1) is 11.6. The molecule has 6 heteroatoms. The van der Waals surface area contributed by atoms with Gasteiger partial charge in [-0.25, -0.2) is 9.78 Å². The molecule has 1 atom stereocenters. The summed E-state index contributed by atoms with van der Waals surface area (Å²) in [7, 11) is 0. The molecule has 0 radical (unpaired) electrons. The van der Waals surface area contributed by atoms with Gasteiger partial charge in [-0.3, -0.25) is 4.79 Å². The fraction of sp³-hybridized carbons (Fsp3) is 0.167. The van der Waals surface area contributed by atoms with E-state index in [1.807, 2.05) is 0 Å². The number of carbonyl (C=O) groups is 2. The van der Waals surface area contributed by atoms with E-state index in [0.717, 1.165) is 0 Å². The number of fused-ring (bicyclic) bond motifs is 1. The number of ketones is 1. The minimum Gasteiger partial charge on any atom is -0.450 e. The number of halogens is 1. The van der Waals surface area contributed by atoms with Gasteiger partial charge in [-0.1, -0.05) is 18.5 Å². The van der Waals surface area contributed by atoms with Crippen molar-refractivity contribution in [1.82, 2.24) is 9.97 Å². The number of aromatic nitrogens is 2. The molecular weight excluding hydrogens is 328 g/mol. The highest BCUT2D eigenvalue weighted by Gasteiger charge is 2.24. The minimum absolute atomic E-state index is 0.248. The molecule has 3 aromatic rings. The van der Waals surface area contributed by atoms with Gasteiger partial charge < -0.3 is 9.72 Å². The smallest absolute Gasteiger partial charge is 0.339 e. The van der Waals surface area contributed by atoms with Gasteiger partial charge in [0.1, 0.15) is 5.65 Å². The summed E-state index contributed by atoms with van der Waals surface area (Å²) in [6.45, 7) is 1.80. The first kappa shape index (κ1) is 16.2. The molecular formula is C18H15ClN2O3. The monoisotopic (exact) mass is 342 g/mol. The predicted octanol–water partition coefficient (Wildman–Crippen LogP) is 4.03. The fourth-order valence-corrected chi connectivity index (χ4v) is 2.58. The number of Topliss-reactive ketones (excluding diaryl/α,β-unsaturated/α-hetero) is 1. The van der Waals surface area contributed by atoms with Crippen LogP contribution in [-0.4, -0.2) is 27.8 Å². The van der Waals surface area contributed by atoms with Gasteiger partial charge in [0.2, 0.25) is 5.78 Å². The van der Waals surface area contributed by atoms with Crippen LogP contribution in [0.25, 0.3) is 11.0 Å². The molecule has 0 bridgehead atoms. The molecule has 5 nitrogen and oxygen atoms in total. The highest BCUT2D eigenvalue weighted by Crippen LogP contribution is 2.19. The number of rotatable bonds is 5. The largest absolute Gasteiger partial charge is 0.450 e. The first-order valence-electron chi connectivity index (χ1n) is 7.53. The molecule has 2 heterocycles. The first-order valence-corrected chi connectivity index (χ1v) is 7.90. The Morgan fingerprint density at radius 3 is 2.67 bits per heavy atom. The van der Waals surface area contributed by atoms with Gasteiger partial charge in [0.05, 0.1) is 5.56 Å². The second-order valence-corrected chi connectivity index (χ2v) is 5.71. The highest BCUT2D eigenvalue weighted by atomic mass is 35.5. The third-order valence-electron chi connectivity index (χ3n) is 3.72. The maximum absolute atomic E-state index is 12.5. The number of aromatic amines is 1. The van der Waals surface area contributed by atoms with Gasteiger partial charge in [0.15, 0.2) is 6.10 Å². The molecule has 0 aliphatic heterocycles. The van der Waals surface area contributed by atoms with Crippen molar-refractivity contribution >= 4 is 34.4 Å². The molecule has 1 unspecified atom stereocenters. The van der Waals surface area contributed by atoms with E-state index in [1.54, 1.807) is 49.5 Å². The summed E-state index contributed by atoms with van der Waals surface area (Å²) >= 11 is 5.83. The molecule has 24 heavy (non-hydrogen) atoms. The quantitative estimate of drug-likeness (QED) is 0.561. The SMILES string of the molecule is CCC(OC(=O)c1ccnc2[nH]ccc12)C(=O)c1ccc(Cl)cc1. The number of hydrogen-bond donors (Lipinski definition) is 1. The van der Waals surface area contributed by atoms with Gasteiger partial charge in [-0.05, 0) is 42.8 Å². The lowest BCUT2D eigenvalue weighted by molar-refractivity contribution is 0.0279. The summed E-state index contributed by atoms with van der Waals surface area (Å²) in [6.07, 6.45) is 2.76. The van der Waals surface area contributed by atoms with Gasteiger partial charge in [0, 0.05) is 28.4 Å². The second-order valence-electron chi connectivity index (χ2n) is 5.27. The molecule has 0 saturated carbocycles. The van der Waals surface area contributed by atoms with Crippen LogP contribution in [0.4, 0.5) is 0 Å². The lowest BCUT2D eigenvalue weighted by atomic mass is 10.0. The number of nitrogens with one attached hydrogen (secondary N) is 1. The molecule has 0 amide bonds. The van der Waals surface area contributed by atoms with E-state index in [1.165, 1.54) is 6.20 Å². The van der Waals surface area contributed by atoms with Crippen LogP contribution < -0.4 is 0 Å². The van der Waals surface area contributed by atoms with E-state index in [4.69, 9.17) is 16.3 Å². The zero-order valence-electron chi connectivity index (χ0n) is 13.0. The maximum atomic E-state index is 12.5. The number of H-pyrrole nitrogens is 1. The normalized spacial score (nSPS) is 12.1. The summed E-state index contributed by atoms with van der Waals surface area (Å²) in [5, 5.41) is 1.21. The van der Waals surface area contributed by atoms with Crippen molar-refractivity contribution in [2.24, 2.45) is 0 Å². The number of benzene rings is 1. The maximum Gasteiger partial charge on any atom is 0.339 e. The summed E-state index contributed by atoms with van der Waals surface area (Å²) in [6, 6.07) is 9.85. The molecule has 0 aliphatic rings. The van der Waals surface area contributed by atoms with Gasteiger partial charge in [0.25, 0.3) is 0 Å². The van der Waals surface area contributed by atoms with Crippen molar-refractivity contribution in [2.45, 2.75) is 19.4 Å². The second kappa shape index (κ2) is 6.84. The van der Waals surface area contributed by atoms with Crippen LogP contribution in [0.1, 0.15) is 34.1 Å². The van der Waals surface area contributed by atoms with Crippen LogP contribution >= 0.6 is 11.6 Å². The lowest BCUT2D eigenvalue weighted by Gasteiger charge is -2.15. The molecule has 0 spiro atoms. The van der Waals surface area contributed by atoms with E-state index >= 15 is 0 Å². The summed E-state index contributed by atoms with van der Waals surface area (Å²) in [5.74, 6) is -0.793. The molecule has 1 N–H and O–H groups in total. The lowest BCUT2D eigenvalue weighted by Crippen LogP contribution is -2.27. The third-order valence-corrected chi connectivity index (χ3v) is 3.97. The summed E-state index contributed by atoms with van der Waals surface area (Å²) in [4.78, 5) is 32.1. The number of nitrogens with zero attached hydrogens (tertiary/aromatic N) is 1. The molecule has 122 valence electrons. The Labute approximate surface area is 143 Å². The molecule has 2 aromatic heterocycles. The van der Waals surface area contributed by atoms with Gasteiger partial charge in [-0.15, -0.1) is 0 Å². The number of carbonyl (C=O) groups excluding carboxylic acids is 2. The molecule has 0 aliphatic carbocycles. The highest BCUT2D eigenvalue weighted by molar-refractivity contribution is 6.30. The van der Waals surface area contributed by atoms with Crippen molar-refractivity contribution < 1.29 is 14.3 Å². The van der Waals surface area contributed by atoms with Crippen molar-refractivity contribution in [3.8, 4) is 0 Å². The van der Waals surface area contributed by atoms with E-state index in [0.29, 0.717) is 33.6 Å². The zero-order valence-corrected chi connectivity index (χ0v) is 13.7. The Kier molecular flexibility index (Phi) is 4.62. The van der Waals surface area contributed by atoms with E-state index in [-0.39, 0.29) is 5.78 Å². The molecule has 3 rings (SSSR count). The fourth-order valence-electron chi connectivity index (χ4n) is 2.45. The van der Waals surface area contributed by atoms with Crippen LogP contribution in [0.15, 0.2) is 48.8 Å². The summed E-state index contributed by atoms with van der Waals surface area (Å²) < 4.78 is 5.45. The van der Waals surface area contributed by atoms with E-state index in [9.17, 15) is 9.59 Å². The Hall–Kier alpha value is -2.66. The van der Waals surface area contributed by atoms with Crippen molar-refractivity contribution in [3.05, 3.63) is 64.9 Å². The third kappa shape index (κ3) is 3.16. The number of esters is 1. The number of ether oxygens (including phenoxy) is 1. The van der Waals surface area contributed by atoms with Crippen LogP contribution in [0.2, 0.25) is 5.02 Å². The average molecular weight is 343 g/mol. The zero-order chi connectivity index (χ0) is 17.1. The standard InChI is InChI=1S/C18H15ClN2O3/c1-2-15(16(22)11-3-5-12(19)6-4-11)24-18(23)14-8-10-21-17-13(14)7-9-20-17/h3-10,15H,2H2,1H3,(H,20,21). The van der Waals surface area contributed by atoms with Crippen LogP contribution in [0.5, 0.6) is 0 Å². The minimum atomic E-state index is -0.846. The number of hydrogen-bond acceptors (Lipinski definition) is 4. The summed E-state index contributed by atoms with van der Waals surface area (Å²) in [5.41, 5.74) is 1.44. The van der Waals surface area contributed by atoms with Crippen LogP contribution in [0.3, 0.4) is 0 Å². The Balaban J connectivity index is 1.82. The molecule has 0 saturated heterocycles. The van der Waals surface area contributed by atoms with Crippen LogP contribution in [-0.2, 0) is 4.74 Å². The Morgan fingerprint density at radius 1 is 1.21 bits per heavy atom. The van der Waals surface area contributed by atoms with Crippen molar-refractivity contribution in [1.29, 1.82) is 0 Å². The van der Waals surface area contributed by atoms with Crippen molar-refractivity contribution in [3.63, 3.8) is 0 Å². The Morgan fingerprint density at radius 2 is 1.96 bits per heavy atom. The molecule has 1 aromatic carbocycles. The number of pyridine rings is 1. The van der Waals surface area contributed by atoms with E-state index in [2.05, 4.69) is 9.97 Å². The van der Waals surface area contributed by atoms with Crippen LogP contribution in [0, 0.1) is 0 Å². The predicted molar refractivity (Wildman–Crippen MR) is 91.4 cm³/mol. The van der Waals surface area contributed by atoms with Gasteiger partial charge in [-0.2, -0.15) is 0 Å². The van der Waals surface area contributed by atoms with Crippen molar-refractivity contribution in [2.75, 3.05) is 0 Å². The average Bonchev–Trinajstić information content (AvgIpc) is 3.08. The van der Waals surface area contributed by atoms with Gasteiger partial charge >= 0.3 is 5.97 Å². The van der Waals surface area contributed by atoms with E-state index < -0.39 is 12.1 Å². The Bertz CT molecular complexity index is 887. The molecule has 0 fully saturated rings. The topological polar surface area (TPSA) is 72.0 Å².